The molecule has 5 heterocycles. The molecule has 9 heteroatoms. The van der Waals surface area contributed by atoms with Gasteiger partial charge in [0.1, 0.15) is 0 Å². The molecule has 0 spiro atoms. The maximum Gasteiger partial charge on any atom is 0.417 e. The molecule has 5 nitrogen and oxygen atoms in total. The van der Waals surface area contributed by atoms with Gasteiger partial charge in [0, 0.05) is 59.3 Å². The van der Waals surface area contributed by atoms with E-state index in [1.165, 1.54) is 0 Å². The van der Waals surface area contributed by atoms with Crippen molar-refractivity contribution in [2.75, 3.05) is 11.4 Å². The monoisotopic (exact) mass is 503 g/mol. The van der Waals surface area contributed by atoms with Gasteiger partial charge in [-0.2, -0.15) is 13.2 Å². The first-order valence-corrected chi connectivity index (χ1v) is 12.0. The van der Waals surface area contributed by atoms with E-state index < -0.39 is 17.6 Å². The van der Waals surface area contributed by atoms with E-state index in [0.717, 1.165) is 60.5 Å². The van der Waals surface area contributed by atoms with Crippen LogP contribution in [0.25, 0.3) is 38.1 Å². The van der Waals surface area contributed by atoms with Crippen LogP contribution in [0.4, 0.5) is 23.4 Å². The topological polar surface area (TPSA) is 49.2 Å². The molecule has 0 aliphatic carbocycles. The Morgan fingerprint density at radius 3 is 2.57 bits per heavy atom. The number of pyridine rings is 2. The van der Waals surface area contributed by atoms with E-state index in [2.05, 4.69) is 57.7 Å². The van der Waals surface area contributed by atoms with Gasteiger partial charge in [-0.05, 0) is 48.6 Å². The number of anilines is 1. The minimum atomic E-state index is -4.65. The lowest BCUT2D eigenvalue weighted by Crippen LogP contribution is -2.31. The molecule has 0 saturated heterocycles. The van der Waals surface area contributed by atoms with Gasteiger partial charge in [-0.15, -0.1) is 0 Å². The van der Waals surface area contributed by atoms with Crippen LogP contribution >= 0.6 is 0 Å². The first-order valence-electron chi connectivity index (χ1n) is 12.0. The van der Waals surface area contributed by atoms with E-state index in [9.17, 15) is 17.6 Å². The maximum absolute atomic E-state index is 14.9. The number of alkyl halides is 3. The van der Waals surface area contributed by atoms with Crippen molar-refractivity contribution in [2.24, 2.45) is 0 Å². The number of halogens is 4. The molecule has 37 heavy (non-hydrogen) atoms. The molecule has 186 valence electrons. The SMILES string of the molecule is Cc1cc2c3cccc(C)c3n3[nH]c4c(c3c2c2ccnc12)CN(c1ncc(C(F)(F)F)cc1F)CC4. The summed E-state index contributed by atoms with van der Waals surface area (Å²) in [6.07, 6.45) is -1.57. The van der Waals surface area contributed by atoms with Crippen molar-refractivity contribution in [3.05, 3.63) is 82.6 Å². The summed E-state index contributed by atoms with van der Waals surface area (Å²) in [7, 11) is 0. The molecule has 2 aromatic carbocycles. The zero-order chi connectivity index (χ0) is 25.6. The van der Waals surface area contributed by atoms with Crippen LogP contribution in [0.1, 0.15) is 27.9 Å². The van der Waals surface area contributed by atoms with Crippen molar-refractivity contribution in [1.82, 2.24) is 19.6 Å². The fourth-order valence-corrected chi connectivity index (χ4v) is 5.85. The number of hydrogen-bond acceptors (Lipinski definition) is 3. The molecular formula is C28H21F4N5. The predicted molar refractivity (Wildman–Crippen MR) is 135 cm³/mol. The minimum Gasteiger partial charge on any atom is -0.349 e. The largest absolute Gasteiger partial charge is 0.417 e. The van der Waals surface area contributed by atoms with Crippen LogP contribution in [0.3, 0.4) is 0 Å². The summed E-state index contributed by atoms with van der Waals surface area (Å²) in [5.74, 6) is -1.05. The molecular weight excluding hydrogens is 482 g/mol. The number of aromatic amines is 1. The first kappa shape index (κ1) is 22.1. The molecule has 4 aromatic heterocycles. The summed E-state index contributed by atoms with van der Waals surface area (Å²) in [6, 6.07) is 11.0. The number of benzene rings is 2. The smallest absolute Gasteiger partial charge is 0.349 e. The second-order valence-corrected chi connectivity index (χ2v) is 9.75. The van der Waals surface area contributed by atoms with Crippen LogP contribution < -0.4 is 4.90 Å². The number of nitrogens with zero attached hydrogens (tertiary/aromatic N) is 4. The number of hydrogen-bond donors (Lipinski definition) is 1. The molecule has 1 aliphatic heterocycles. The third kappa shape index (κ3) is 3.09. The Morgan fingerprint density at radius 1 is 0.946 bits per heavy atom. The lowest BCUT2D eigenvalue weighted by molar-refractivity contribution is -0.138. The summed E-state index contributed by atoms with van der Waals surface area (Å²) in [5.41, 5.74) is 6.07. The number of nitrogens with one attached hydrogen (secondary N) is 1. The highest BCUT2D eigenvalue weighted by molar-refractivity contribution is 6.23. The Hall–Kier alpha value is -4.14. The molecule has 6 aromatic rings. The van der Waals surface area contributed by atoms with Crippen LogP contribution in [0, 0.1) is 19.7 Å². The van der Waals surface area contributed by atoms with E-state index in [0.29, 0.717) is 31.8 Å². The van der Waals surface area contributed by atoms with Crippen LogP contribution in [0.5, 0.6) is 0 Å². The Morgan fingerprint density at radius 2 is 1.78 bits per heavy atom. The molecule has 0 radical (unpaired) electrons. The second-order valence-electron chi connectivity index (χ2n) is 9.75. The Bertz CT molecular complexity index is 1900. The van der Waals surface area contributed by atoms with Gasteiger partial charge in [0.2, 0.25) is 0 Å². The van der Waals surface area contributed by atoms with Crippen LogP contribution in [-0.4, -0.2) is 26.1 Å². The third-order valence-electron chi connectivity index (χ3n) is 7.51. The van der Waals surface area contributed by atoms with Crippen LogP contribution in [0.2, 0.25) is 0 Å². The summed E-state index contributed by atoms with van der Waals surface area (Å²) in [6.45, 7) is 4.87. The van der Waals surface area contributed by atoms with Gasteiger partial charge in [-0.3, -0.25) is 14.6 Å². The highest BCUT2D eigenvalue weighted by Crippen LogP contribution is 2.41. The Kier molecular flexibility index (Phi) is 4.44. The summed E-state index contributed by atoms with van der Waals surface area (Å²) in [4.78, 5) is 10.2. The number of fused-ring (bicyclic) bond motifs is 10. The molecule has 7 rings (SSSR count). The van der Waals surface area contributed by atoms with Gasteiger partial charge in [0.25, 0.3) is 0 Å². The number of rotatable bonds is 1. The number of aromatic nitrogens is 4. The van der Waals surface area contributed by atoms with Gasteiger partial charge in [-0.1, -0.05) is 18.2 Å². The third-order valence-corrected chi connectivity index (χ3v) is 7.51. The van der Waals surface area contributed by atoms with Crippen molar-refractivity contribution in [3.8, 4) is 0 Å². The van der Waals surface area contributed by atoms with Gasteiger partial charge in [-0.25, -0.2) is 9.37 Å². The summed E-state index contributed by atoms with van der Waals surface area (Å²) >= 11 is 0. The van der Waals surface area contributed by atoms with Gasteiger partial charge >= 0.3 is 6.18 Å². The fourth-order valence-electron chi connectivity index (χ4n) is 5.85. The van der Waals surface area contributed by atoms with E-state index in [1.807, 2.05) is 6.07 Å². The zero-order valence-electron chi connectivity index (χ0n) is 20.0. The van der Waals surface area contributed by atoms with Gasteiger partial charge in [0.05, 0.1) is 22.1 Å². The van der Waals surface area contributed by atoms with Gasteiger partial charge in [0.15, 0.2) is 11.6 Å². The van der Waals surface area contributed by atoms with Crippen molar-refractivity contribution in [3.63, 3.8) is 0 Å². The molecule has 1 aliphatic rings. The lowest BCUT2D eigenvalue weighted by atomic mass is 9.95. The zero-order valence-corrected chi connectivity index (χ0v) is 20.0. The first-order chi connectivity index (χ1) is 17.7. The highest BCUT2D eigenvalue weighted by atomic mass is 19.4. The fraction of sp³-hybridized carbons (Fsp3) is 0.214. The average Bonchev–Trinajstić information content (AvgIpc) is 3.49. The molecule has 0 atom stereocenters. The molecule has 0 fully saturated rings. The van der Waals surface area contributed by atoms with E-state index in [1.54, 1.807) is 11.1 Å². The predicted octanol–water partition coefficient (Wildman–Crippen LogP) is 6.85. The average molecular weight is 504 g/mol. The van der Waals surface area contributed by atoms with E-state index in [4.69, 9.17) is 0 Å². The van der Waals surface area contributed by atoms with E-state index >= 15 is 0 Å². The highest BCUT2D eigenvalue weighted by Gasteiger charge is 2.33. The van der Waals surface area contributed by atoms with Crippen LogP contribution in [0.15, 0.2) is 48.8 Å². The number of para-hydroxylation sites is 1. The molecule has 1 N–H and O–H groups in total. The van der Waals surface area contributed by atoms with Crippen molar-refractivity contribution >= 4 is 43.9 Å². The van der Waals surface area contributed by atoms with Crippen molar-refractivity contribution in [2.45, 2.75) is 33.0 Å². The summed E-state index contributed by atoms with van der Waals surface area (Å²) in [5, 5.41) is 7.90. The van der Waals surface area contributed by atoms with Gasteiger partial charge < -0.3 is 4.90 Å². The quantitative estimate of drug-likeness (QED) is 0.197. The van der Waals surface area contributed by atoms with E-state index in [-0.39, 0.29) is 5.82 Å². The molecule has 0 saturated carbocycles. The number of H-pyrrole nitrogens is 1. The molecule has 0 unspecified atom stereocenters. The molecule has 0 bridgehead atoms. The second kappa shape index (κ2) is 7.44. The van der Waals surface area contributed by atoms with Crippen LogP contribution in [-0.2, 0) is 19.1 Å². The minimum absolute atomic E-state index is 0.0738. The maximum atomic E-state index is 14.9. The normalized spacial score (nSPS) is 14.4. The standard InChI is InChI=1S/C28H21F4N5/c1-14-4-3-5-17-19-10-15(2)24-18(6-8-33-24)23(19)26-20-13-36(9-7-22(20)35-37(26)25(14)17)27-21(29)11-16(12-34-27)28(30,31)32/h3-6,8,10-12,35H,7,9,13H2,1-2H3. The number of aryl methyl sites for hydroxylation is 2. The van der Waals surface area contributed by atoms with Crippen molar-refractivity contribution in [1.29, 1.82) is 0 Å². The van der Waals surface area contributed by atoms with Crippen molar-refractivity contribution < 1.29 is 17.6 Å². The Balaban J connectivity index is 1.51. The Labute approximate surface area is 208 Å². The summed E-state index contributed by atoms with van der Waals surface area (Å²) < 4.78 is 56.2. The lowest BCUT2D eigenvalue weighted by Gasteiger charge is -2.28. The molecule has 0 amide bonds.